The number of rotatable bonds is 9. The van der Waals surface area contributed by atoms with E-state index in [4.69, 9.17) is 4.74 Å². The summed E-state index contributed by atoms with van der Waals surface area (Å²) in [5, 5.41) is 13.1. The van der Waals surface area contributed by atoms with Crippen molar-refractivity contribution in [3.63, 3.8) is 0 Å². The number of halogens is 1. The van der Waals surface area contributed by atoms with E-state index < -0.39 is 6.10 Å². The Morgan fingerprint density at radius 1 is 1.35 bits per heavy atom. The zero-order valence-corrected chi connectivity index (χ0v) is 14.2. The summed E-state index contributed by atoms with van der Waals surface area (Å²) in [6.07, 6.45) is 1.75. The first-order chi connectivity index (χ1) is 9.49. The summed E-state index contributed by atoms with van der Waals surface area (Å²) >= 11 is 3.45. The van der Waals surface area contributed by atoms with Crippen LogP contribution < -0.4 is 5.32 Å². The first kappa shape index (κ1) is 17.5. The number of aliphatic hydroxyl groups is 1. The second-order valence-corrected chi connectivity index (χ2v) is 6.52. The van der Waals surface area contributed by atoms with E-state index in [1.807, 2.05) is 25.1 Å². The quantitative estimate of drug-likeness (QED) is 0.666. The van der Waals surface area contributed by atoms with E-state index in [0.717, 1.165) is 23.2 Å². The van der Waals surface area contributed by atoms with Crippen molar-refractivity contribution in [2.75, 3.05) is 25.1 Å². The zero-order valence-electron chi connectivity index (χ0n) is 12.7. The maximum absolute atomic E-state index is 9.88. The standard InChI is InChI=1S/C16H26BrNO2/c1-12(2)5-4-8-20-11-15(19)10-18-16-9-14(17)7-6-13(16)3/h6-7,9,12,15,18-19H,4-5,8,10-11H2,1-3H3. The lowest BCUT2D eigenvalue weighted by atomic mass is 10.1. The highest BCUT2D eigenvalue weighted by Gasteiger charge is 2.06. The van der Waals surface area contributed by atoms with Gasteiger partial charge in [0.25, 0.3) is 0 Å². The van der Waals surface area contributed by atoms with E-state index >= 15 is 0 Å². The first-order valence-corrected chi connectivity index (χ1v) is 8.04. The minimum Gasteiger partial charge on any atom is -0.389 e. The predicted octanol–water partition coefficient (Wildman–Crippen LogP) is 3.98. The Bertz CT molecular complexity index is 396. The van der Waals surface area contributed by atoms with Crippen molar-refractivity contribution < 1.29 is 9.84 Å². The number of hydrogen-bond donors (Lipinski definition) is 2. The van der Waals surface area contributed by atoms with Gasteiger partial charge in [0.2, 0.25) is 0 Å². The Morgan fingerprint density at radius 3 is 2.80 bits per heavy atom. The van der Waals surface area contributed by atoms with Crippen molar-refractivity contribution in [3.8, 4) is 0 Å². The van der Waals surface area contributed by atoms with Crippen LogP contribution in [0.2, 0.25) is 0 Å². The van der Waals surface area contributed by atoms with E-state index in [1.54, 1.807) is 0 Å². The van der Waals surface area contributed by atoms with Crippen molar-refractivity contribution >= 4 is 21.6 Å². The molecule has 20 heavy (non-hydrogen) atoms. The zero-order chi connectivity index (χ0) is 15.0. The number of aliphatic hydroxyl groups excluding tert-OH is 1. The number of anilines is 1. The van der Waals surface area contributed by atoms with E-state index in [2.05, 4.69) is 35.1 Å². The summed E-state index contributed by atoms with van der Waals surface area (Å²) in [4.78, 5) is 0. The average molecular weight is 344 g/mol. The smallest absolute Gasteiger partial charge is 0.0945 e. The maximum atomic E-state index is 9.88. The van der Waals surface area contributed by atoms with Crippen LogP contribution in [0.1, 0.15) is 32.3 Å². The van der Waals surface area contributed by atoms with E-state index in [-0.39, 0.29) is 0 Å². The van der Waals surface area contributed by atoms with Crippen molar-refractivity contribution in [1.82, 2.24) is 0 Å². The molecule has 0 saturated heterocycles. The Labute approximate surface area is 130 Å². The minimum atomic E-state index is -0.479. The summed E-state index contributed by atoms with van der Waals surface area (Å²) in [7, 11) is 0. The third kappa shape index (κ3) is 7.27. The van der Waals surface area contributed by atoms with Gasteiger partial charge in [-0.3, -0.25) is 0 Å². The third-order valence-corrected chi connectivity index (χ3v) is 3.60. The second-order valence-electron chi connectivity index (χ2n) is 5.60. The minimum absolute atomic E-state index is 0.387. The Balaban J connectivity index is 2.19. The Kier molecular flexibility index (Phi) is 8.19. The lowest BCUT2D eigenvalue weighted by Crippen LogP contribution is -2.25. The molecule has 1 atom stereocenters. The van der Waals surface area contributed by atoms with Crippen molar-refractivity contribution in [3.05, 3.63) is 28.2 Å². The van der Waals surface area contributed by atoms with Crippen molar-refractivity contribution in [1.29, 1.82) is 0 Å². The molecule has 0 aliphatic heterocycles. The molecule has 0 aromatic heterocycles. The number of aryl methyl sites for hydroxylation is 1. The fourth-order valence-corrected chi connectivity index (χ4v) is 2.25. The third-order valence-electron chi connectivity index (χ3n) is 3.11. The monoisotopic (exact) mass is 343 g/mol. The number of nitrogens with one attached hydrogen (secondary N) is 1. The van der Waals surface area contributed by atoms with Crippen LogP contribution in [0, 0.1) is 12.8 Å². The predicted molar refractivity (Wildman–Crippen MR) is 88.3 cm³/mol. The number of ether oxygens (including phenoxy) is 1. The molecule has 114 valence electrons. The van der Waals surface area contributed by atoms with Crippen LogP contribution in [-0.4, -0.2) is 31.0 Å². The van der Waals surface area contributed by atoms with Crippen LogP contribution in [-0.2, 0) is 4.74 Å². The topological polar surface area (TPSA) is 41.5 Å². The van der Waals surface area contributed by atoms with Gasteiger partial charge in [-0.15, -0.1) is 0 Å². The molecule has 0 aliphatic carbocycles. The summed E-state index contributed by atoms with van der Waals surface area (Å²) in [6.45, 7) is 8.08. The molecule has 0 saturated carbocycles. The molecule has 0 radical (unpaired) electrons. The molecule has 1 unspecified atom stereocenters. The molecule has 3 nitrogen and oxygen atoms in total. The molecule has 0 amide bonds. The highest BCUT2D eigenvalue weighted by atomic mass is 79.9. The molecule has 1 aromatic rings. The fraction of sp³-hybridized carbons (Fsp3) is 0.625. The van der Waals surface area contributed by atoms with Crippen LogP contribution in [0.3, 0.4) is 0 Å². The van der Waals surface area contributed by atoms with Crippen LogP contribution in [0.4, 0.5) is 5.69 Å². The van der Waals surface area contributed by atoms with Gasteiger partial charge in [-0.1, -0.05) is 35.8 Å². The summed E-state index contributed by atoms with van der Waals surface area (Å²) in [6, 6.07) is 6.07. The normalized spacial score (nSPS) is 12.7. The van der Waals surface area contributed by atoms with Gasteiger partial charge in [-0.2, -0.15) is 0 Å². The lowest BCUT2D eigenvalue weighted by molar-refractivity contribution is 0.0409. The van der Waals surface area contributed by atoms with Gasteiger partial charge in [0.1, 0.15) is 0 Å². The number of benzene rings is 1. The van der Waals surface area contributed by atoms with E-state index in [9.17, 15) is 5.11 Å². The summed E-state index contributed by atoms with van der Waals surface area (Å²) < 4.78 is 6.52. The number of hydrogen-bond acceptors (Lipinski definition) is 3. The molecule has 0 bridgehead atoms. The van der Waals surface area contributed by atoms with Crippen LogP contribution >= 0.6 is 15.9 Å². The van der Waals surface area contributed by atoms with Gasteiger partial charge >= 0.3 is 0 Å². The van der Waals surface area contributed by atoms with Crippen molar-refractivity contribution in [2.45, 2.75) is 39.7 Å². The highest BCUT2D eigenvalue weighted by Crippen LogP contribution is 2.20. The first-order valence-electron chi connectivity index (χ1n) is 7.25. The molecule has 2 N–H and O–H groups in total. The van der Waals surface area contributed by atoms with Crippen LogP contribution in [0.25, 0.3) is 0 Å². The molecule has 1 rings (SSSR count). The van der Waals surface area contributed by atoms with E-state index in [0.29, 0.717) is 19.1 Å². The Morgan fingerprint density at radius 2 is 2.10 bits per heavy atom. The molecule has 1 aromatic carbocycles. The fourth-order valence-electron chi connectivity index (χ4n) is 1.88. The summed E-state index contributed by atoms with van der Waals surface area (Å²) in [5.74, 6) is 0.713. The highest BCUT2D eigenvalue weighted by molar-refractivity contribution is 9.10. The largest absolute Gasteiger partial charge is 0.389 e. The van der Waals surface area contributed by atoms with Gasteiger partial charge in [0.05, 0.1) is 12.7 Å². The molecule has 4 heteroatoms. The summed E-state index contributed by atoms with van der Waals surface area (Å²) in [5.41, 5.74) is 2.21. The second kappa shape index (κ2) is 9.37. The maximum Gasteiger partial charge on any atom is 0.0945 e. The molecule has 0 spiro atoms. The van der Waals surface area contributed by atoms with Gasteiger partial charge in [-0.05, 0) is 43.4 Å². The van der Waals surface area contributed by atoms with E-state index in [1.165, 1.54) is 12.0 Å². The van der Waals surface area contributed by atoms with Crippen LogP contribution in [0.15, 0.2) is 22.7 Å². The molecule has 0 aliphatic rings. The lowest BCUT2D eigenvalue weighted by Gasteiger charge is -2.15. The van der Waals surface area contributed by atoms with Crippen molar-refractivity contribution in [2.24, 2.45) is 5.92 Å². The molecular formula is C16H26BrNO2. The van der Waals surface area contributed by atoms with Gasteiger partial charge in [-0.25, -0.2) is 0 Å². The van der Waals surface area contributed by atoms with Gasteiger partial charge < -0.3 is 15.2 Å². The SMILES string of the molecule is Cc1ccc(Br)cc1NCC(O)COCCCC(C)C. The molecule has 0 heterocycles. The molecule has 0 fully saturated rings. The molecular weight excluding hydrogens is 318 g/mol. The Hall–Kier alpha value is -0.580. The van der Waals surface area contributed by atoms with Gasteiger partial charge in [0.15, 0.2) is 0 Å². The van der Waals surface area contributed by atoms with Crippen LogP contribution in [0.5, 0.6) is 0 Å². The average Bonchev–Trinajstić information content (AvgIpc) is 2.39. The van der Waals surface area contributed by atoms with Gasteiger partial charge in [0, 0.05) is 23.3 Å².